The van der Waals surface area contributed by atoms with E-state index in [1.165, 1.54) is 0 Å². The summed E-state index contributed by atoms with van der Waals surface area (Å²) in [6.07, 6.45) is 0. The van der Waals surface area contributed by atoms with E-state index in [2.05, 4.69) is 11.9 Å². The van der Waals surface area contributed by atoms with Crippen LogP contribution in [-0.2, 0) is 0 Å². The molecule has 0 aliphatic heterocycles. The van der Waals surface area contributed by atoms with Gasteiger partial charge in [0.2, 0.25) is 0 Å². The van der Waals surface area contributed by atoms with Crippen molar-refractivity contribution in [2.45, 2.75) is 0 Å². The van der Waals surface area contributed by atoms with Crippen molar-refractivity contribution in [3.63, 3.8) is 0 Å². The van der Waals surface area contributed by atoms with E-state index in [0.29, 0.717) is 0 Å². The predicted molar refractivity (Wildman–Crippen MR) is 17.2 cm³/mol. The van der Waals surface area contributed by atoms with Crippen LogP contribution in [0.1, 0.15) is 4.28 Å². The normalized spacial score (nSPS) is 1.50. The molecule has 1 N–H and O–H groups in total. The van der Waals surface area contributed by atoms with Crippen LogP contribution in [-0.4, -0.2) is 53.5 Å². The minimum atomic E-state index is 0. The Morgan fingerprint density at radius 1 is 1.50 bits per heavy atom. The molecule has 0 fully saturated rings. The molecule has 0 saturated heterocycles. The minimum Gasteiger partial charge on any atom is -1.00 e. The molecule has 0 aromatic heterocycles. The van der Waals surface area contributed by atoms with E-state index in [9.17, 15) is 0 Å². The molecule has 0 bridgehead atoms. The Balaban J connectivity index is -0.000000000500. The van der Waals surface area contributed by atoms with Gasteiger partial charge in [-0.05, 0) is 0 Å². The van der Waals surface area contributed by atoms with Crippen LogP contribution in [0.3, 0.4) is 0 Å². The van der Waals surface area contributed by atoms with Gasteiger partial charge in [0.05, 0.1) is 11.9 Å². The molecule has 0 unspecified atom stereocenters. The first-order valence-electron chi connectivity index (χ1n) is 0.169. The maximum atomic E-state index is 6.47. The second kappa shape index (κ2) is 18.1. The van der Waals surface area contributed by atoms with Gasteiger partial charge in [0.25, 0.3) is 0 Å². The Bertz CT molecular complexity index is 14.9. The number of hydrogen-bond donors (Lipinski definition) is 1. The van der Waals surface area contributed by atoms with Crippen molar-refractivity contribution >= 4 is 60.7 Å². The number of rotatable bonds is 0. The van der Waals surface area contributed by atoms with Gasteiger partial charge >= 0.3 is 67.7 Å². The standard InChI is InChI=1S/Ba.ClHO.Li.3H/c;1-2;;;;/h;2H;;;;/q+2;;+1;3*-1. The fraction of sp³-hybridized carbons (Fsp3) is 0. The van der Waals surface area contributed by atoms with Crippen molar-refractivity contribution < 1.29 is 27.8 Å². The van der Waals surface area contributed by atoms with Gasteiger partial charge in [0.15, 0.2) is 0 Å². The van der Waals surface area contributed by atoms with Gasteiger partial charge < -0.3 is 4.28 Å². The third-order valence-corrected chi connectivity index (χ3v) is 0. The summed E-state index contributed by atoms with van der Waals surface area (Å²) >= 11 is 3.64. The molecule has 0 aromatic carbocycles. The van der Waals surface area contributed by atoms with Crippen LogP contribution >= 0.6 is 11.9 Å². The topological polar surface area (TPSA) is 20.2 Å². The van der Waals surface area contributed by atoms with Crippen LogP contribution in [0.25, 0.3) is 0 Å². The Hall–Kier alpha value is 2.42. The van der Waals surface area contributed by atoms with Gasteiger partial charge in [0, 0.05) is 0 Å². The Kier molecular flexibility index (Phi) is 72.9. The van der Waals surface area contributed by atoms with Gasteiger partial charge in [0.1, 0.15) is 0 Å². The average Bonchev–Trinajstić information content (AvgIpc) is 1.00. The first-order chi connectivity index (χ1) is 1.00. The summed E-state index contributed by atoms with van der Waals surface area (Å²) < 4.78 is 6.47. The van der Waals surface area contributed by atoms with Crippen LogP contribution in [0.4, 0.5) is 0 Å². The first kappa shape index (κ1) is 16.1. The van der Waals surface area contributed by atoms with Crippen molar-refractivity contribution in [3.05, 3.63) is 0 Å². The summed E-state index contributed by atoms with van der Waals surface area (Å²) in [5.41, 5.74) is 0. The average molecular weight is 200 g/mol. The molecule has 0 saturated carbocycles. The Morgan fingerprint density at radius 2 is 1.50 bits per heavy atom. The molecule has 4 heteroatoms. The SMILES string of the molecule is OCl.[Ba+2].[H-].[H-].[H-].[Li+]. The van der Waals surface area contributed by atoms with E-state index < -0.39 is 0 Å². The fourth-order valence-electron chi connectivity index (χ4n) is 0. The first-order valence-corrected chi connectivity index (χ1v) is 0.507. The molecule has 0 aliphatic rings. The molecular formula is H4BaClLiO. The zero-order chi connectivity index (χ0) is 2.00. The van der Waals surface area contributed by atoms with E-state index in [-0.39, 0.29) is 72.0 Å². The summed E-state index contributed by atoms with van der Waals surface area (Å²) in [6.45, 7) is 0. The van der Waals surface area contributed by atoms with Crippen molar-refractivity contribution in [1.29, 1.82) is 0 Å². The largest absolute Gasteiger partial charge is 2.00 e. The molecule has 0 aromatic rings. The van der Waals surface area contributed by atoms with Crippen LogP contribution in [0.15, 0.2) is 0 Å². The molecular weight excluding hydrogens is 196 g/mol. The van der Waals surface area contributed by atoms with E-state index >= 15 is 0 Å². The van der Waals surface area contributed by atoms with Crippen LogP contribution in [0.2, 0.25) is 0 Å². The summed E-state index contributed by atoms with van der Waals surface area (Å²) in [6, 6.07) is 0. The van der Waals surface area contributed by atoms with Gasteiger partial charge in [-0.3, -0.25) is 4.66 Å². The molecule has 0 rings (SSSR count). The third-order valence-electron chi connectivity index (χ3n) is 0. The Labute approximate surface area is 87.0 Å². The second-order valence-corrected chi connectivity index (χ2v) is 0. The number of hydrogen-bond acceptors (Lipinski definition) is 1. The zero-order valence-electron chi connectivity index (χ0n) is 5.53. The van der Waals surface area contributed by atoms with Gasteiger partial charge in [-0.2, -0.15) is 0 Å². The number of halogens is 1. The van der Waals surface area contributed by atoms with Crippen LogP contribution in [0.5, 0.6) is 0 Å². The molecule has 0 aliphatic carbocycles. The van der Waals surface area contributed by atoms with Gasteiger partial charge in [-0.25, -0.2) is 0 Å². The summed E-state index contributed by atoms with van der Waals surface area (Å²) in [5.74, 6) is 0. The molecule has 4 heavy (non-hydrogen) atoms. The van der Waals surface area contributed by atoms with E-state index in [0.717, 1.165) is 0 Å². The molecule has 0 radical (unpaired) electrons. The molecule has 0 amide bonds. The van der Waals surface area contributed by atoms with Gasteiger partial charge in [-0.15, -0.1) is 0 Å². The van der Waals surface area contributed by atoms with Crippen molar-refractivity contribution in [1.82, 2.24) is 0 Å². The van der Waals surface area contributed by atoms with E-state index in [1.807, 2.05) is 0 Å². The zero-order valence-corrected chi connectivity index (χ0v) is 7.73. The monoisotopic (exact) mass is 200 g/mol. The van der Waals surface area contributed by atoms with Crippen LogP contribution < -0.4 is 18.9 Å². The van der Waals surface area contributed by atoms with Crippen molar-refractivity contribution in [2.24, 2.45) is 0 Å². The summed E-state index contributed by atoms with van der Waals surface area (Å²) in [7, 11) is 0. The molecule has 0 heterocycles. The predicted octanol–water partition coefficient (Wildman–Crippen LogP) is -2.91. The van der Waals surface area contributed by atoms with Crippen molar-refractivity contribution in [2.75, 3.05) is 0 Å². The molecule has 0 atom stereocenters. The van der Waals surface area contributed by atoms with Crippen LogP contribution in [0, 0.1) is 0 Å². The van der Waals surface area contributed by atoms with E-state index in [1.54, 1.807) is 0 Å². The summed E-state index contributed by atoms with van der Waals surface area (Å²) in [5, 5.41) is 0. The maximum Gasteiger partial charge on any atom is 2.00 e. The Morgan fingerprint density at radius 3 is 1.50 bits per heavy atom. The fourth-order valence-corrected chi connectivity index (χ4v) is 0. The summed E-state index contributed by atoms with van der Waals surface area (Å²) in [4.78, 5) is 0. The molecule has 0 spiro atoms. The molecule has 20 valence electrons. The van der Waals surface area contributed by atoms with Crippen molar-refractivity contribution in [3.8, 4) is 0 Å². The molecule has 1 nitrogen and oxygen atoms in total. The van der Waals surface area contributed by atoms with Gasteiger partial charge in [-0.1, -0.05) is 0 Å². The maximum absolute atomic E-state index is 6.47. The smallest absolute Gasteiger partial charge is 1.00 e. The van der Waals surface area contributed by atoms with E-state index in [4.69, 9.17) is 4.66 Å². The quantitative estimate of drug-likeness (QED) is 0.415. The minimum absolute atomic E-state index is 0. The third kappa shape index (κ3) is 8.83. The second-order valence-electron chi connectivity index (χ2n) is 0.